The highest BCUT2D eigenvalue weighted by molar-refractivity contribution is 5.25. The second-order valence-corrected chi connectivity index (χ2v) is 4.64. The standard InChI is InChI=1S/C14H24N2O3/c1-10(2)19-13-12(7-6-8-15-13)9-16-11(3)14(17-4)18-5/h6-8,10-11,14,16H,9H2,1-5H3. The third-order valence-electron chi connectivity index (χ3n) is 2.68. The summed E-state index contributed by atoms with van der Waals surface area (Å²) in [5.41, 5.74) is 1.02. The first kappa shape index (κ1) is 15.9. The van der Waals surface area contributed by atoms with Gasteiger partial charge in [0.05, 0.1) is 12.1 Å². The van der Waals surface area contributed by atoms with Gasteiger partial charge in [0.15, 0.2) is 6.29 Å². The Bertz CT molecular complexity index is 367. The fourth-order valence-corrected chi connectivity index (χ4v) is 1.76. The minimum absolute atomic E-state index is 0.0714. The maximum Gasteiger partial charge on any atom is 0.218 e. The molecule has 1 aromatic rings. The third kappa shape index (κ3) is 5.14. The van der Waals surface area contributed by atoms with Crippen molar-refractivity contribution in [1.29, 1.82) is 0 Å². The van der Waals surface area contributed by atoms with Gasteiger partial charge in [-0.3, -0.25) is 0 Å². The Morgan fingerprint density at radius 3 is 2.47 bits per heavy atom. The van der Waals surface area contributed by atoms with Gasteiger partial charge >= 0.3 is 0 Å². The van der Waals surface area contributed by atoms with Gasteiger partial charge in [0.1, 0.15) is 0 Å². The molecule has 0 saturated carbocycles. The molecule has 0 fully saturated rings. The van der Waals surface area contributed by atoms with Crippen LogP contribution in [0.2, 0.25) is 0 Å². The molecule has 0 amide bonds. The topological polar surface area (TPSA) is 52.6 Å². The molecule has 0 radical (unpaired) electrons. The van der Waals surface area contributed by atoms with Crippen LogP contribution in [0.15, 0.2) is 18.3 Å². The van der Waals surface area contributed by atoms with Crippen molar-refractivity contribution in [3.63, 3.8) is 0 Å². The van der Waals surface area contributed by atoms with Gasteiger partial charge < -0.3 is 19.5 Å². The summed E-state index contributed by atoms with van der Waals surface area (Å²) < 4.78 is 16.1. The van der Waals surface area contributed by atoms with Crippen LogP contribution in [-0.2, 0) is 16.0 Å². The number of aromatic nitrogens is 1. The van der Waals surface area contributed by atoms with Crippen LogP contribution in [0.1, 0.15) is 26.3 Å². The second-order valence-electron chi connectivity index (χ2n) is 4.64. The molecule has 1 rings (SSSR count). The maximum absolute atomic E-state index is 5.68. The van der Waals surface area contributed by atoms with Crippen LogP contribution in [0, 0.1) is 0 Å². The summed E-state index contributed by atoms with van der Waals surface area (Å²) in [5, 5.41) is 3.34. The second kappa shape index (κ2) is 8.09. The number of pyridine rings is 1. The molecule has 0 aliphatic carbocycles. The molecule has 1 atom stereocenters. The quantitative estimate of drug-likeness (QED) is 0.730. The van der Waals surface area contributed by atoms with E-state index in [0.29, 0.717) is 12.4 Å². The van der Waals surface area contributed by atoms with Crippen molar-refractivity contribution in [2.24, 2.45) is 0 Å². The predicted molar refractivity (Wildman–Crippen MR) is 74.1 cm³/mol. The first-order valence-corrected chi connectivity index (χ1v) is 6.48. The van der Waals surface area contributed by atoms with E-state index in [-0.39, 0.29) is 18.4 Å². The number of methoxy groups -OCH3 is 2. The van der Waals surface area contributed by atoms with Crippen molar-refractivity contribution < 1.29 is 14.2 Å². The normalized spacial score (nSPS) is 13.0. The molecule has 1 N–H and O–H groups in total. The third-order valence-corrected chi connectivity index (χ3v) is 2.68. The molecule has 0 spiro atoms. The molecule has 0 aliphatic rings. The summed E-state index contributed by atoms with van der Waals surface area (Å²) in [6, 6.07) is 3.97. The highest BCUT2D eigenvalue weighted by atomic mass is 16.7. The Labute approximate surface area is 115 Å². The van der Waals surface area contributed by atoms with Gasteiger partial charge in [-0.05, 0) is 26.8 Å². The molecular weight excluding hydrogens is 244 g/mol. The SMILES string of the molecule is COC(OC)C(C)NCc1cccnc1OC(C)C. The number of hydrogen-bond acceptors (Lipinski definition) is 5. The first-order valence-electron chi connectivity index (χ1n) is 6.48. The Morgan fingerprint density at radius 1 is 1.21 bits per heavy atom. The zero-order valence-electron chi connectivity index (χ0n) is 12.3. The van der Waals surface area contributed by atoms with Crippen LogP contribution < -0.4 is 10.1 Å². The van der Waals surface area contributed by atoms with Crippen LogP contribution in [0.3, 0.4) is 0 Å². The van der Waals surface area contributed by atoms with Crippen molar-refractivity contribution in [2.45, 2.75) is 45.8 Å². The zero-order chi connectivity index (χ0) is 14.3. The summed E-state index contributed by atoms with van der Waals surface area (Å²) >= 11 is 0. The van der Waals surface area contributed by atoms with Crippen molar-refractivity contribution in [3.8, 4) is 5.88 Å². The van der Waals surface area contributed by atoms with Gasteiger partial charge in [-0.15, -0.1) is 0 Å². The molecule has 0 aliphatic heterocycles. The number of nitrogens with one attached hydrogen (secondary N) is 1. The molecule has 0 aromatic carbocycles. The first-order chi connectivity index (χ1) is 9.08. The van der Waals surface area contributed by atoms with E-state index in [9.17, 15) is 0 Å². The van der Waals surface area contributed by atoms with Crippen LogP contribution >= 0.6 is 0 Å². The monoisotopic (exact) mass is 268 g/mol. The molecule has 0 bridgehead atoms. The zero-order valence-corrected chi connectivity index (χ0v) is 12.3. The molecule has 1 aromatic heterocycles. The summed E-state index contributed by atoms with van der Waals surface area (Å²) in [7, 11) is 3.26. The maximum atomic E-state index is 5.68. The molecule has 19 heavy (non-hydrogen) atoms. The Balaban J connectivity index is 2.62. The highest BCUT2D eigenvalue weighted by Crippen LogP contribution is 2.16. The van der Waals surface area contributed by atoms with Crippen LogP contribution in [0.4, 0.5) is 0 Å². The van der Waals surface area contributed by atoms with Gasteiger partial charge in [-0.1, -0.05) is 6.07 Å². The van der Waals surface area contributed by atoms with E-state index < -0.39 is 0 Å². The minimum Gasteiger partial charge on any atom is -0.475 e. The Kier molecular flexibility index (Phi) is 6.77. The Morgan fingerprint density at radius 2 is 1.89 bits per heavy atom. The van der Waals surface area contributed by atoms with Crippen LogP contribution in [0.25, 0.3) is 0 Å². The van der Waals surface area contributed by atoms with Gasteiger partial charge in [0.25, 0.3) is 0 Å². The minimum atomic E-state index is -0.272. The number of nitrogens with zero attached hydrogens (tertiary/aromatic N) is 1. The molecular formula is C14H24N2O3. The Hall–Kier alpha value is -1.17. The predicted octanol–water partition coefficient (Wildman–Crippen LogP) is 1.97. The summed E-state index contributed by atoms with van der Waals surface area (Å²) in [6.07, 6.45) is 1.57. The fraction of sp³-hybridized carbons (Fsp3) is 0.643. The number of ether oxygens (including phenoxy) is 3. The van der Waals surface area contributed by atoms with Crippen molar-refractivity contribution in [3.05, 3.63) is 23.9 Å². The fourth-order valence-electron chi connectivity index (χ4n) is 1.76. The van der Waals surface area contributed by atoms with E-state index in [4.69, 9.17) is 14.2 Å². The number of hydrogen-bond donors (Lipinski definition) is 1. The molecule has 5 nitrogen and oxygen atoms in total. The molecule has 1 heterocycles. The van der Waals surface area contributed by atoms with Gasteiger partial charge in [0, 0.05) is 32.5 Å². The van der Waals surface area contributed by atoms with Crippen LogP contribution in [0.5, 0.6) is 5.88 Å². The lowest BCUT2D eigenvalue weighted by Crippen LogP contribution is -2.39. The summed E-state index contributed by atoms with van der Waals surface area (Å²) in [4.78, 5) is 4.26. The molecule has 5 heteroatoms. The van der Waals surface area contributed by atoms with Gasteiger partial charge in [-0.2, -0.15) is 0 Å². The van der Waals surface area contributed by atoms with Crippen LogP contribution in [-0.4, -0.2) is 37.6 Å². The summed E-state index contributed by atoms with van der Waals surface area (Å²) in [5.74, 6) is 0.670. The van der Waals surface area contributed by atoms with Crippen molar-refractivity contribution >= 4 is 0 Å². The smallest absolute Gasteiger partial charge is 0.218 e. The van der Waals surface area contributed by atoms with E-state index in [2.05, 4.69) is 10.3 Å². The molecule has 0 saturated heterocycles. The molecule has 1 unspecified atom stereocenters. The highest BCUT2D eigenvalue weighted by Gasteiger charge is 2.16. The number of rotatable bonds is 8. The molecule has 108 valence electrons. The lowest BCUT2D eigenvalue weighted by Gasteiger charge is -2.22. The van der Waals surface area contributed by atoms with Crippen molar-refractivity contribution in [2.75, 3.05) is 14.2 Å². The average molecular weight is 268 g/mol. The van der Waals surface area contributed by atoms with Crippen molar-refractivity contribution in [1.82, 2.24) is 10.3 Å². The van der Waals surface area contributed by atoms with E-state index in [0.717, 1.165) is 5.56 Å². The lowest BCUT2D eigenvalue weighted by molar-refractivity contribution is -0.119. The largest absolute Gasteiger partial charge is 0.475 e. The lowest BCUT2D eigenvalue weighted by atomic mass is 10.2. The average Bonchev–Trinajstić information content (AvgIpc) is 2.38. The van der Waals surface area contributed by atoms with E-state index in [1.807, 2.05) is 32.9 Å². The van der Waals surface area contributed by atoms with E-state index >= 15 is 0 Å². The van der Waals surface area contributed by atoms with Gasteiger partial charge in [0.2, 0.25) is 5.88 Å². The van der Waals surface area contributed by atoms with E-state index in [1.165, 1.54) is 0 Å². The van der Waals surface area contributed by atoms with E-state index in [1.54, 1.807) is 20.4 Å². The summed E-state index contributed by atoms with van der Waals surface area (Å²) in [6.45, 7) is 6.64. The van der Waals surface area contributed by atoms with Gasteiger partial charge in [-0.25, -0.2) is 4.98 Å².